The van der Waals surface area contributed by atoms with E-state index in [1.807, 2.05) is 13.0 Å². The van der Waals surface area contributed by atoms with E-state index in [1.165, 1.54) is 21.9 Å². The first-order chi connectivity index (χ1) is 13.9. The maximum atomic E-state index is 12.7. The highest BCUT2D eigenvalue weighted by Crippen LogP contribution is 2.32. The first-order valence-electron chi connectivity index (χ1n) is 9.97. The van der Waals surface area contributed by atoms with Crippen LogP contribution in [0.25, 0.3) is 0 Å². The normalized spacial score (nSPS) is 25.5. The van der Waals surface area contributed by atoms with Crippen LogP contribution in [-0.2, 0) is 6.42 Å². The highest BCUT2D eigenvalue weighted by Gasteiger charge is 2.37. The number of ketones is 1. The van der Waals surface area contributed by atoms with Gasteiger partial charge in [0.25, 0.3) is 0 Å². The van der Waals surface area contributed by atoms with Crippen LogP contribution < -0.4 is 10.1 Å². The third-order valence-corrected chi connectivity index (χ3v) is 6.97. The van der Waals surface area contributed by atoms with Crippen molar-refractivity contribution in [3.05, 3.63) is 51.2 Å². The molecule has 8 heteroatoms. The second-order valence-corrected chi connectivity index (χ2v) is 9.20. The van der Waals surface area contributed by atoms with Gasteiger partial charge in [-0.2, -0.15) is 0 Å². The molecule has 2 aliphatic rings. The number of hydrogen-bond acceptors (Lipinski definition) is 6. The summed E-state index contributed by atoms with van der Waals surface area (Å²) >= 11 is 1.71. The van der Waals surface area contributed by atoms with Gasteiger partial charge in [-0.05, 0) is 62.9 Å². The van der Waals surface area contributed by atoms with E-state index in [9.17, 15) is 14.7 Å². The summed E-state index contributed by atoms with van der Waals surface area (Å²) in [5, 5.41) is 23.0. The molecule has 2 aliphatic carbocycles. The number of carboxylic acid groups (broad SMARTS) is 1. The van der Waals surface area contributed by atoms with Crippen LogP contribution >= 0.6 is 23.7 Å². The van der Waals surface area contributed by atoms with E-state index in [0.29, 0.717) is 18.7 Å². The van der Waals surface area contributed by atoms with E-state index >= 15 is 0 Å². The number of aliphatic hydroxyl groups excluding tert-OH is 1. The first kappa shape index (κ1) is 22.7. The fraction of sp³-hybridized carbons (Fsp3) is 0.455. The number of nitrogens with one attached hydrogen (secondary N) is 1. The van der Waals surface area contributed by atoms with Gasteiger partial charge in [-0.3, -0.25) is 4.79 Å². The summed E-state index contributed by atoms with van der Waals surface area (Å²) in [6, 6.07) is 8.08. The Balaban J connectivity index is 0.00000256. The van der Waals surface area contributed by atoms with E-state index in [-0.39, 0.29) is 41.8 Å². The van der Waals surface area contributed by atoms with E-state index in [4.69, 9.17) is 9.84 Å². The van der Waals surface area contributed by atoms with Crippen molar-refractivity contribution in [3.63, 3.8) is 0 Å². The van der Waals surface area contributed by atoms with Crippen LogP contribution in [0.15, 0.2) is 30.3 Å². The maximum Gasteiger partial charge on any atom is 0.335 e. The molecule has 4 atom stereocenters. The molecule has 2 aromatic rings. The summed E-state index contributed by atoms with van der Waals surface area (Å²) in [5.41, 5.74) is 1.08. The molecule has 0 spiro atoms. The van der Waals surface area contributed by atoms with Gasteiger partial charge in [0, 0.05) is 33.8 Å². The van der Waals surface area contributed by atoms with E-state index in [2.05, 4.69) is 5.32 Å². The predicted octanol–water partition coefficient (Wildman–Crippen LogP) is 3.48. The molecule has 162 valence electrons. The molecule has 1 fully saturated rings. The monoisotopic (exact) mass is 451 g/mol. The quantitative estimate of drug-likeness (QED) is 0.622. The van der Waals surface area contributed by atoms with Gasteiger partial charge in [0.05, 0.1) is 5.56 Å². The molecule has 0 aliphatic heterocycles. The van der Waals surface area contributed by atoms with Crippen molar-refractivity contribution >= 4 is 35.5 Å². The van der Waals surface area contributed by atoms with Crippen molar-refractivity contribution in [2.24, 2.45) is 5.92 Å². The van der Waals surface area contributed by atoms with Crippen LogP contribution in [-0.4, -0.2) is 46.8 Å². The average molecular weight is 452 g/mol. The molecule has 1 aromatic carbocycles. The van der Waals surface area contributed by atoms with Gasteiger partial charge in [-0.15, -0.1) is 23.7 Å². The standard InChI is InChI=1S/C22H25NO5S.ClH/c1-12-10-16-19(29-12)9-4-14(20(16)24)11-23-17-7-8-18(21(17)25)28-15-5-2-13(3-6-15)22(26)27;/h2-3,5-6,10,14,17-18,21,23,25H,4,7-9,11H2,1H3,(H,26,27);1H. The zero-order valence-electron chi connectivity index (χ0n) is 16.7. The molecule has 4 rings (SSSR count). The molecular weight excluding hydrogens is 426 g/mol. The van der Waals surface area contributed by atoms with Crippen molar-refractivity contribution in [1.82, 2.24) is 5.32 Å². The summed E-state index contributed by atoms with van der Waals surface area (Å²) in [7, 11) is 0. The topological polar surface area (TPSA) is 95.9 Å². The Labute approximate surface area is 185 Å². The largest absolute Gasteiger partial charge is 0.488 e. The summed E-state index contributed by atoms with van der Waals surface area (Å²) < 4.78 is 5.87. The smallest absolute Gasteiger partial charge is 0.335 e. The third-order valence-electron chi connectivity index (χ3n) is 5.86. The van der Waals surface area contributed by atoms with Gasteiger partial charge in [0.1, 0.15) is 18.0 Å². The number of aryl methyl sites for hydroxylation is 2. The van der Waals surface area contributed by atoms with Crippen LogP contribution in [0.4, 0.5) is 0 Å². The van der Waals surface area contributed by atoms with Crippen LogP contribution in [0.5, 0.6) is 5.75 Å². The SMILES string of the molecule is Cc1cc2c(s1)CCC(CNC1CCC(Oc3ccc(C(=O)O)cc3)C1O)C2=O.Cl. The number of rotatable bonds is 6. The van der Waals surface area contributed by atoms with Crippen molar-refractivity contribution < 1.29 is 24.5 Å². The number of aliphatic hydroxyl groups is 1. The molecule has 1 heterocycles. The molecule has 0 amide bonds. The lowest BCUT2D eigenvalue weighted by Crippen LogP contribution is -2.44. The van der Waals surface area contributed by atoms with Gasteiger partial charge >= 0.3 is 5.97 Å². The Hall–Kier alpha value is -1.93. The number of carbonyl (C=O) groups is 2. The number of hydrogen-bond donors (Lipinski definition) is 3. The summed E-state index contributed by atoms with van der Waals surface area (Å²) in [5.74, 6) is -0.277. The number of Topliss-reactive ketones (excluding diaryl/α,β-unsaturated/α-hetero) is 1. The van der Waals surface area contributed by atoms with Crippen molar-refractivity contribution in [2.75, 3.05) is 6.54 Å². The molecule has 4 unspecified atom stereocenters. The minimum atomic E-state index is -0.983. The number of benzene rings is 1. The van der Waals surface area contributed by atoms with Crippen LogP contribution in [0.1, 0.15) is 49.7 Å². The number of halogens is 1. The number of carboxylic acids is 1. The van der Waals surface area contributed by atoms with E-state index < -0.39 is 12.1 Å². The van der Waals surface area contributed by atoms with Crippen LogP contribution in [0.3, 0.4) is 0 Å². The number of fused-ring (bicyclic) bond motifs is 1. The Morgan fingerprint density at radius 2 is 1.97 bits per heavy atom. The summed E-state index contributed by atoms with van der Waals surface area (Å²) in [4.78, 5) is 26.1. The molecule has 6 nitrogen and oxygen atoms in total. The molecule has 0 bridgehead atoms. The summed E-state index contributed by atoms with van der Waals surface area (Å²) in [6.07, 6.45) is 2.23. The van der Waals surface area contributed by atoms with E-state index in [1.54, 1.807) is 23.5 Å². The predicted molar refractivity (Wildman–Crippen MR) is 117 cm³/mol. The Kier molecular flexibility index (Phi) is 7.18. The molecule has 0 saturated heterocycles. The number of thiophene rings is 1. The second kappa shape index (κ2) is 9.47. The molecule has 3 N–H and O–H groups in total. The second-order valence-electron chi connectivity index (χ2n) is 7.86. The van der Waals surface area contributed by atoms with Gasteiger partial charge in [-0.1, -0.05) is 0 Å². The highest BCUT2D eigenvalue weighted by molar-refractivity contribution is 7.12. The van der Waals surface area contributed by atoms with Crippen LogP contribution in [0, 0.1) is 12.8 Å². The molecule has 1 aromatic heterocycles. The van der Waals surface area contributed by atoms with E-state index in [0.717, 1.165) is 24.8 Å². The first-order valence-corrected chi connectivity index (χ1v) is 10.8. The van der Waals surface area contributed by atoms with Crippen molar-refractivity contribution in [3.8, 4) is 5.75 Å². The highest BCUT2D eigenvalue weighted by atomic mass is 35.5. The van der Waals surface area contributed by atoms with Crippen LogP contribution in [0.2, 0.25) is 0 Å². The van der Waals surface area contributed by atoms with Gasteiger partial charge < -0.3 is 20.3 Å². The Bertz CT molecular complexity index is 913. The fourth-order valence-corrected chi connectivity index (χ4v) is 5.30. The number of carbonyl (C=O) groups excluding carboxylic acids is 1. The van der Waals surface area contributed by atoms with Crippen molar-refractivity contribution in [2.45, 2.75) is 50.9 Å². The minimum absolute atomic E-state index is 0. The van der Waals surface area contributed by atoms with Crippen molar-refractivity contribution in [1.29, 1.82) is 0 Å². The number of ether oxygens (including phenoxy) is 1. The lowest BCUT2D eigenvalue weighted by atomic mass is 9.87. The maximum absolute atomic E-state index is 12.7. The zero-order chi connectivity index (χ0) is 20.5. The molecular formula is C22H26ClNO5S. The minimum Gasteiger partial charge on any atom is -0.488 e. The number of aromatic carboxylic acids is 1. The summed E-state index contributed by atoms with van der Waals surface area (Å²) in [6.45, 7) is 2.60. The third kappa shape index (κ3) is 4.70. The molecule has 30 heavy (non-hydrogen) atoms. The fourth-order valence-electron chi connectivity index (χ4n) is 4.25. The lowest BCUT2D eigenvalue weighted by Gasteiger charge is -2.25. The lowest BCUT2D eigenvalue weighted by molar-refractivity contribution is 0.0441. The molecule has 0 radical (unpaired) electrons. The molecule has 1 saturated carbocycles. The Morgan fingerprint density at radius 3 is 2.67 bits per heavy atom. The van der Waals surface area contributed by atoms with Gasteiger partial charge in [0.2, 0.25) is 0 Å². The average Bonchev–Trinajstić information content (AvgIpc) is 3.25. The Morgan fingerprint density at radius 1 is 1.23 bits per heavy atom. The van der Waals surface area contributed by atoms with Gasteiger partial charge in [0.15, 0.2) is 5.78 Å². The zero-order valence-corrected chi connectivity index (χ0v) is 18.3. The van der Waals surface area contributed by atoms with Gasteiger partial charge in [-0.25, -0.2) is 4.79 Å².